The zero-order chi connectivity index (χ0) is 21.1. The molecular formula is C23H19Br2ClN2O2. The molecule has 4 aromatic rings. The maximum absolute atomic E-state index is 6.13. The molecule has 4 rings (SSSR count). The molecule has 154 valence electrons. The van der Waals surface area contributed by atoms with E-state index in [2.05, 4.69) is 55.2 Å². The van der Waals surface area contributed by atoms with Crippen LogP contribution in [0.2, 0.25) is 5.02 Å². The summed E-state index contributed by atoms with van der Waals surface area (Å²) in [6.45, 7) is 3.53. The molecule has 0 atom stereocenters. The molecule has 0 aliphatic heterocycles. The lowest BCUT2D eigenvalue weighted by Gasteiger charge is -2.12. The van der Waals surface area contributed by atoms with Crippen LogP contribution in [0.5, 0.6) is 11.6 Å². The normalized spacial score (nSPS) is 11.1. The van der Waals surface area contributed by atoms with Crippen LogP contribution < -0.4 is 9.47 Å². The first-order valence-electron chi connectivity index (χ1n) is 9.52. The Hall–Kier alpha value is -2.02. The number of rotatable bonds is 7. The Morgan fingerprint density at radius 3 is 2.67 bits per heavy atom. The second-order valence-electron chi connectivity index (χ2n) is 6.63. The minimum atomic E-state index is 0.456. The summed E-state index contributed by atoms with van der Waals surface area (Å²) >= 11 is 13.3. The average molecular weight is 551 g/mol. The molecule has 0 N–H and O–H groups in total. The summed E-state index contributed by atoms with van der Waals surface area (Å²) in [7, 11) is 0. The molecule has 0 aliphatic carbocycles. The quantitative estimate of drug-likeness (QED) is 0.241. The number of benzene rings is 3. The van der Waals surface area contributed by atoms with E-state index < -0.39 is 0 Å². The van der Waals surface area contributed by atoms with Crippen LogP contribution in [0.3, 0.4) is 0 Å². The number of hydrogen-bond acceptors (Lipinski definition) is 3. The molecule has 0 unspecified atom stereocenters. The lowest BCUT2D eigenvalue weighted by atomic mass is 10.1. The van der Waals surface area contributed by atoms with Gasteiger partial charge in [0.25, 0.3) is 0 Å². The molecule has 1 heterocycles. The molecule has 0 aliphatic rings. The minimum absolute atomic E-state index is 0.456. The van der Waals surface area contributed by atoms with Gasteiger partial charge < -0.3 is 9.47 Å². The second-order valence-corrected chi connectivity index (χ2v) is 8.77. The third-order valence-corrected chi connectivity index (χ3v) is 6.14. The zero-order valence-electron chi connectivity index (χ0n) is 16.2. The van der Waals surface area contributed by atoms with Gasteiger partial charge in [0.15, 0.2) is 0 Å². The Labute approximate surface area is 197 Å². The van der Waals surface area contributed by atoms with E-state index in [1.54, 1.807) is 0 Å². The Morgan fingerprint density at radius 2 is 1.87 bits per heavy atom. The third kappa shape index (κ3) is 4.66. The van der Waals surface area contributed by atoms with Gasteiger partial charge in [0.2, 0.25) is 5.88 Å². The summed E-state index contributed by atoms with van der Waals surface area (Å²) in [6.07, 6.45) is 0. The molecule has 0 fully saturated rings. The zero-order valence-corrected chi connectivity index (χ0v) is 20.2. The van der Waals surface area contributed by atoms with Crippen molar-refractivity contribution in [3.63, 3.8) is 0 Å². The van der Waals surface area contributed by atoms with Gasteiger partial charge in [-0.15, -0.1) is 0 Å². The Morgan fingerprint density at radius 1 is 1.00 bits per heavy atom. The Kier molecular flexibility index (Phi) is 6.66. The molecule has 0 saturated heterocycles. The maximum Gasteiger partial charge on any atom is 0.212 e. The molecule has 7 heteroatoms. The summed E-state index contributed by atoms with van der Waals surface area (Å²) in [5.74, 6) is 1.50. The van der Waals surface area contributed by atoms with Crippen LogP contribution in [0.4, 0.5) is 0 Å². The third-order valence-electron chi connectivity index (χ3n) is 4.60. The van der Waals surface area contributed by atoms with Crippen LogP contribution in [0.25, 0.3) is 22.0 Å². The van der Waals surface area contributed by atoms with Crippen molar-refractivity contribution in [2.45, 2.75) is 13.5 Å². The highest BCUT2D eigenvalue weighted by Crippen LogP contribution is 2.34. The van der Waals surface area contributed by atoms with Crippen LogP contribution >= 0.6 is 43.5 Å². The van der Waals surface area contributed by atoms with Crippen molar-refractivity contribution in [3.05, 3.63) is 74.6 Å². The molecule has 1 aromatic heterocycles. The summed E-state index contributed by atoms with van der Waals surface area (Å²) < 4.78 is 15.6. The predicted molar refractivity (Wildman–Crippen MR) is 129 cm³/mol. The van der Waals surface area contributed by atoms with Crippen molar-refractivity contribution < 1.29 is 9.47 Å². The van der Waals surface area contributed by atoms with Gasteiger partial charge in [0, 0.05) is 21.1 Å². The van der Waals surface area contributed by atoms with Crippen molar-refractivity contribution in [1.29, 1.82) is 0 Å². The van der Waals surface area contributed by atoms with Crippen LogP contribution in [0.15, 0.2) is 69.6 Å². The van der Waals surface area contributed by atoms with Gasteiger partial charge in [-0.05, 0) is 64.0 Å². The number of hydrogen-bond donors (Lipinski definition) is 0. The number of fused-ring (bicyclic) bond motifs is 1. The van der Waals surface area contributed by atoms with Gasteiger partial charge in [0.1, 0.15) is 12.4 Å². The van der Waals surface area contributed by atoms with Crippen molar-refractivity contribution >= 4 is 54.2 Å². The molecular weight excluding hydrogens is 532 g/mol. The number of halogens is 3. The van der Waals surface area contributed by atoms with Gasteiger partial charge in [-0.3, -0.25) is 0 Å². The van der Waals surface area contributed by atoms with E-state index >= 15 is 0 Å². The van der Waals surface area contributed by atoms with Crippen LogP contribution in [0, 0.1) is 0 Å². The van der Waals surface area contributed by atoms with E-state index in [9.17, 15) is 0 Å². The highest BCUT2D eigenvalue weighted by molar-refractivity contribution is 9.11. The monoisotopic (exact) mass is 548 g/mol. The second kappa shape index (κ2) is 9.41. The number of nitrogens with zero attached hydrogens (tertiary/aromatic N) is 2. The lowest BCUT2D eigenvalue weighted by molar-refractivity contribution is 0.259. The first kappa shape index (κ1) is 21.2. The summed E-state index contributed by atoms with van der Waals surface area (Å²) in [5.41, 5.74) is 1.77. The first-order valence-corrected chi connectivity index (χ1v) is 11.5. The molecule has 4 nitrogen and oxygen atoms in total. The highest BCUT2D eigenvalue weighted by Gasteiger charge is 2.12. The fourth-order valence-corrected chi connectivity index (χ4v) is 4.39. The largest absolute Gasteiger partial charge is 0.490 e. The van der Waals surface area contributed by atoms with E-state index in [0.717, 1.165) is 36.7 Å². The molecule has 3 aromatic carbocycles. The van der Waals surface area contributed by atoms with E-state index in [-0.39, 0.29) is 0 Å². The van der Waals surface area contributed by atoms with Crippen LogP contribution in [-0.2, 0) is 6.54 Å². The fraction of sp³-hybridized carbons (Fsp3) is 0.174. The number of ether oxygens (including phenoxy) is 2. The lowest BCUT2D eigenvalue weighted by Crippen LogP contribution is -2.11. The fourth-order valence-electron chi connectivity index (χ4n) is 3.21. The standard InChI is InChI=1S/C23H19Br2ClN2O2/c1-2-29-22-14-20(16-4-3-5-18(26)13-16)27-28(22)10-11-30-21-9-6-15-12-17(24)7-8-19(15)23(21)25/h3-9,12-14H,2,10-11H2,1H3. The Bertz CT molecular complexity index is 1190. The molecule has 0 amide bonds. The first-order chi connectivity index (χ1) is 14.5. The molecule has 0 radical (unpaired) electrons. The molecule has 0 spiro atoms. The van der Waals surface area contributed by atoms with E-state index in [1.165, 1.54) is 0 Å². The maximum atomic E-state index is 6.13. The smallest absolute Gasteiger partial charge is 0.212 e. The Balaban J connectivity index is 1.51. The topological polar surface area (TPSA) is 36.3 Å². The molecule has 0 saturated carbocycles. The molecule has 30 heavy (non-hydrogen) atoms. The average Bonchev–Trinajstić information content (AvgIpc) is 3.13. The summed E-state index contributed by atoms with van der Waals surface area (Å²) in [6, 6.07) is 19.8. The van der Waals surface area contributed by atoms with Crippen LogP contribution in [0.1, 0.15) is 6.92 Å². The van der Waals surface area contributed by atoms with Gasteiger partial charge in [0.05, 0.1) is 23.3 Å². The predicted octanol–water partition coefficient (Wildman–Crippen LogP) is 7.36. The van der Waals surface area contributed by atoms with E-state index in [1.807, 2.05) is 54.1 Å². The molecule has 0 bridgehead atoms. The van der Waals surface area contributed by atoms with E-state index in [0.29, 0.717) is 30.7 Å². The summed E-state index contributed by atoms with van der Waals surface area (Å²) in [4.78, 5) is 0. The van der Waals surface area contributed by atoms with Crippen molar-refractivity contribution in [2.75, 3.05) is 13.2 Å². The summed E-state index contributed by atoms with van der Waals surface area (Å²) in [5, 5.41) is 7.61. The number of aromatic nitrogens is 2. The SMILES string of the molecule is CCOc1cc(-c2cccc(Cl)c2)nn1CCOc1ccc2cc(Br)ccc2c1Br. The van der Waals surface area contributed by atoms with Crippen molar-refractivity contribution in [1.82, 2.24) is 9.78 Å². The van der Waals surface area contributed by atoms with Crippen molar-refractivity contribution in [2.24, 2.45) is 0 Å². The van der Waals surface area contributed by atoms with Gasteiger partial charge in [-0.25, -0.2) is 4.68 Å². The van der Waals surface area contributed by atoms with Crippen LogP contribution in [-0.4, -0.2) is 23.0 Å². The van der Waals surface area contributed by atoms with Gasteiger partial charge >= 0.3 is 0 Å². The van der Waals surface area contributed by atoms with E-state index in [4.69, 9.17) is 21.1 Å². The minimum Gasteiger partial charge on any atom is -0.490 e. The van der Waals surface area contributed by atoms with Gasteiger partial charge in [-0.1, -0.05) is 51.8 Å². The van der Waals surface area contributed by atoms with Crippen molar-refractivity contribution in [3.8, 4) is 22.9 Å². The van der Waals surface area contributed by atoms with Gasteiger partial charge in [-0.2, -0.15) is 5.10 Å². The highest BCUT2D eigenvalue weighted by atomic mass is 79.9.